The molecule has 2 rings (SSSR count). The second kappa shape index (κ2) is 8.96. The third kappa shape index (κ3) is 5.03. The Labute approximate surface area is 156 Å². The van der Waals surface area contributed by atoms with Crippen LogP contribution in [0.25, 0.3) is 0 Å². The number of hydrogen-bond donors (Lipinski definition) is 1. The van der Waals surface area contributed by atoms with E-state index in [0.717, 1.165) is 0 Å². The van der Waals surface area contributed by atoms with Gasteiger partial charge in [0.25, 0.3) is 0 Å². The molecule has 2 aromatic carbocycles. The number of oxime groups is 1. The van der Waals surface area contributed by atoms with Crippen molar-refractivity contribution in [3.8, 4) is 17.2 Å². The molecular weight excluding hydrogens is 360 g/mol. The highest BCUT2D eigenvalue weighted by Crippen LogP contribution is 2.27. The lowest BCUT2D eigenvalue weighted by atomic mass is 10.2. The Bertz CT molecular complexity index is 810. The number of nitrogens with zero attached hydrogens (tertiary/aromatic N) is 1. The van der Waals surface area contributed by atoms with Crippen LogP contribution in [-0.4, -0.2) is 32.1 Å². The van der Waals surface area contributed by atoms with E-state index in [1.807, 2.05) is 0 Å². The molecule has 0 unspecified atom stereocenters. The number of amidine groups is 1. The molecule has 0 fully saturated rings. The van der Waals surface area contributed by atoms with Gasteiger partial charge in [-0.15, -0.1) is 0 Å². The van der Waals surface area contributed by atoms with Gasteiger partial charge in [-0.25, -0.2) is 4.79 Å². The summed E-state index contributed by atoms with van der Waals surface area (Å²) in [4.78, 5) is 16.9. The third-order valence-electron chi connectivity index (χ3n) is 3.35. The van der Waals surface area contributed by atoms with E-state index in [0.29, 0.717) is 27.8 Å². The lowest BCUT2D eigenvalue weighted by Crippen LogP contribution is -2.26. The molecule has 0 amide bonds. The predicted molar refractivity (Wildman–Crippen MR) is 97.9 cm³/mol. The second-order valence-corrected chi connectivity index (χ2v) is 5.61. The van der Waals surface area contributed by atoms with Crippen LogP contribution in [0.2, 0.25) is 5.02 Å². The average Bonchev–Trinajstić information content (AvgIpc) is 2.65. The molecule has 0 heterocycles. The molecule has 0 aliphatic carbocycles. The average molecular weight is 379 g/mol. The molecule has 138 valence electrons. The summed E-state index contributed by atoms with van der Waals surface area (Å²) in [5.74, 6) is 0.776. The minimum absolute atomic E-state index is 0.00857. The molecule has 1 atom stereocenters. The van der Waals surface area contributed by atoms with E-state index >= 15 is 0 Å². The van der Waals surface area contributed by atoms with Crippen molar-refractivity contribution in [2.75, 3.05) is 14.2 Å². The second-order valence-electron chi connectivity index (χ2n) is 5.17. The Morgan fingerprint density at radius 3 is 2.50 bits per heavy atom. The fraction of sp³-hybridized carbons (Fsp3) is 0.222. The number of ether oxygens (including phenoxy) is 3. The van der Waals surface area contributed by atoms with Crippen LogP contribution in [-0.2, 0) is 9.63 Å². The van der Waals surface area contributed by atoms with E-state index in [9.17, 15) is 4.79 Å². The SMILES string of the molecule is COc1ccc(/C(N)=N\OC(=O)[C@@H](C)Oc2cccc(Cl)c2)cc1OC. The number of hydrogen-bond acceptors (Lipinski definition) is 6. The first kappa shape index (κ1) is 19.4. The first-order valence-corrected chi connectivity index (χ1v) is 8.01. The van der Waals surface area contributed by atoms with Gasteiger partial charge in [-0.3, -0.25) is 0 Å². The summed E-state index contributed by atoms with van der Waals surface area (Å²) >= 11 is 5.87. The van der Waals surface area contributed by atoms with Crippen LogP contribution in [0.4, 0.5) is 0 Å². The van der Waals surface area contributed by atoms with Gasteiger partial charge in [-0.05, 0) is 43.3 Å². The Balaban J connectivity index is 2.02. The lowest BCUT2D eigenvalue weighted by molar-refractivity contribution is -0.151. The van der Waals surface area contributed by atoms with Gasteiger partial charge >= 0.3 is 5.97 Å². The summed E-state index contributed by atoms with van der Waals surface area (Å²) in [5.41, 5.74) is 6.36. The van der Waals surface area contributed by atoms with E-state index in [1.54, 1.807) is 42.5 Å². The Morgan fingerprint density at radius 1 is 1.12 bits per heavy atom. The molecule has 8 heteroatoms. The summed E-state index contributed by atoms with van der Waals surface area (Å²) in [5, 5.41) is 4.15. The number of methoxy groups -OCH3 is 2. The number of carbonyl (C=O) groups excluding carboxylic acids is 1. The number of nitrogens with two attached hydrogens (primary N) is 1. The van der Waals surface area contributed by atoms with Crippen molar-refractivity contribution in [1.82, 2.24) is 0 Å². The van der Waals surface area contributed by atoms with E-state index in [1.165, 1.54) is 21.1 Å². The van der Waals surface area contributed by atoms with Crippen molar-refractivity contribution in [3.63, 3.8) is 0 Å². The lowest BCUT2D eigenvalue weighted by Gasteiger charge is -2.12. The maximum absolute atomic E-state index is 12.0. The topological polar surface area (TPSA) is 92.4 Å². The van der Waals surface area contributed by atoms with E-state index in [-0.39, 0.29) is 5.84 Å². The molecule has 0 aromatic heterocycles. The Kier molecular flexibility index (Phi) is 6.68. The normalized spacial score (nSPS) is 12.2. The zero-order valence-electron chi connectivity index (χ0n) is 14.6. The van der Waals surface area contributed by atoms with Gasteiger partial charge in [0.1, 0.15) is 5.75 Å². The molecule has 0 radical (unpaired) electrons. The number of rotatable bonds is 7. The largest absolute Gasteiger partial charge is 0.493 e. The van der Waals surface area contributed by atoms with Crippen LogP contribution in [0.5, 0.6) is 17.2 Å². The minimum Gasteiger partial charge on any atom is -0.493 e. The molecule has 7 nitrogen and oxygen atoms in total. The third-order valence-corrected chi connectivity index (χ3v) is 3.59. The Hall–Kier alpha value is -2.93. The van der Waals surface area contributed by atoms with Gasteiger partial charge < -0.3 is 24.8 Å². The molecular formula is C18H19ClN2O5. The van der Waals surface area contributed by atoms with Crippen molar-refractivity contribution >= 4 is 23.4 Å². The Morgan fingerprint density at radius 2 is 1.85 bits per heavy atom. The highest BCUT2D eigenvalue weighted by Gasteiger charge is 2.17. The fourth-order valence-corrected chi connectivity index (χ4v) is 2.19. The maximum Gasteiger partial charge on any atom is 0.374 e. The van der Waals surface area contributed by atoms with Gasteiger partial charge in [-0.1, -0.05) is 22.8 Å². The zero-order valence-corrected chi connectivity index (χ0v) is 15.3. The summed E-state index contributed by atoms with van der Waals surface area (Å²) in [6.07, 6.45) is -0.893. The summed E-state index contributed by atoms with van der Waals surface area (Å²) < 4.78 is 15.8. The number of carbonyl (C=O) groups is 1. The molecule has 2 aromatic rings. The van der Waals surface area contributed by atoms with Gasteiger partial charge in [-0.2, -0.15) is 0 Å². The van der Waals surface area contributed by atoms with Crippen molar-refractivity contribution in [2.45, 2.75) is 13.0 Å². The first-order chi connectivity index (χ1) is 12.4. The van der Waals surface area contributed by atoms with Crippen LogP contribution < -0.4 is 19.9 Å². The molecule has 0 aliphatic rings. The summed E-state index contributed by atoms with van der Waals surface area (Å²) in [6.45, 7) is 1.53. The van der Waals surface area contributed by atoms with E-state index < -0.39 is 12.1 Å². The van der Waals surface area contributed by atoms with Gasteiger partial charge in [0, 0.05) is 10.6 Å². The molecule has 26 heavy (non-hydrogen) atoms. The number of benzene rings is 2. The summed E-state index contributed by atoms with van der Waals surface area (Å²) in [7, 11) is 3.03. The van der Waals surface area contributed by atoms with E-state index in [4.69, 9.17) is 36.4 Å². The molecule has 0 saturated carbocycles. The minimum atomic E-state index is -0.893. The van der Waals surface area contributed by atoms with Crippen molar-refractivity contribution in [3.05, 3.63) is 53.1 Å². The molecule has 2 N–H and O–H groups in total. The molecule has 0 bridgehead atoms. The highest BCUT2D eigenvalue weighted by molar-refractivity contribution is 6.30. The molecule has 0 saturated heterocycles. The van der Waals surface area contributed by atoms with E-state index in [2.05, 4.69) is 5.16 Å². The first-order valence-electron chi connectivity index (χ1n) is 7.63. The maximum atomic E-state index is 12.0. The van der Waals surface area contributed by atoms with Crippen LogP contribution in [0.1, 0.15) is 12.5 Å². The van der Waals surface area contributed by atoms with Crippen LogP contribution >= 0.6 is 11.6 Å². The highest BCUT2D eigenvalue weighted by atomic mass is 35.5. The number of halogens is 1. The summed E-state index contributed by atoms with van der Waals surface area (Å²) in [6, 6.07) is 11.6. The van der Waals surface area contributed by atoms with Gasteiger partial charge in [0.15, 0.2) is 23.4 Å². The zero-order chi connectivity index (χ0) is 19.1. The van der Waals surface area contributed by atoms with Gasteiger partial charge in [0.05, 0.1) is 14.2 Å². The molecule has 0 spiro atoms. The smallest absolute Gasteiger partial charge is 0.374 e. The quantitative estimate of drug-likeness (QED) is 0.344. The van der Waals surface area contributed by atoms with Crippen LogP contribution in [0.15, 0.2) is 47.6 Å². The van der Waals surface area contributed by atoms with Gasteiger partial charge in [0.2, 0.25) is 0 Å². The van der Waals surface area contributed by atoms with Crippen molar-refractivity contribution < 1.29 is 23.8 Å². The van der Waals surface area contributed by atoms with Crippen molar-refractivity contribution in [2.24, 2.45) is 10.9 Å². The fourth-order valence-electron chi connectivity index (χ4n) is 2.01. The monoisotopic (exact) mass is 378 g/mol. The van der Waals surface area contributed by atoms with Crippen LogP contribution in [0.3, 0.4) is 0 Å². The van der Waals surface area contributed by atoms with Crippen molar-refractivity contribution in [1.29, 1.82) is 0 Å². The predicted octanol–water partition coefficient (Wildman–Crippen LogP) is 2.99. The van der Waals surface area contributed by atoms with Crippen LogP contribution in [0, 0.1) is 0 Å². The molecule has 0 aliphatic heterocycles. The standard InChI is InChI=1S/C18H19ClN2O5/c1-11(25-14-6-4-5-13(19)10-14)18(22)26-21-17(20)12-7-8-15(23-2)16(9-12)24-3/h4-11H,1-3H3,(H2,20,21)/t11-/m1/s1.